The van der Waals surface area contributed by atoms with E-state index in [2.05, 4.69) is 6.92 Å². The topological polar surface area (TPSA) is 168 Å². The van der Waals surface area contributed by atoms with Crippen LogP contribution in [0.2, 0.25) is 0 Å². The first-order valence-electron chi connectivity index (χ1n) is 25.8. The number of ether oxygens (including phenoxy) is 16. The first-order chi connectivity index (χ1) is 32.9. The Bertz CT molecular complexity index is 758. The lowest BCUT2D eigenvalue weighted by molar-refractivity contribution is -0.0305. The van der Waals surface area contributed by atoms with Crippen molar-refractivity contribution in [3.05, 3.63) is 0 Å². The van der Waals surface area contributed by atoms with Crippen molar-refractivity contribution in [3.8, 4) is 0 Å². The molecule has 0 fully saturated rings. The summed E-state index contributed by atoms with van der Waals surface area (Å²) in [7, 11) is 0. The van der Waals surface area contributed by atoms with Gasteiger partial charge in [-0.25, -0.2) is 0 Å². The van der Waals surface area contributed by atoms with Gasteiger partial charge in [-0.2, -0.15) is 0 Å². The lowest BCUT2D eigenvalue weighted by Crippen LogP contribution is -2.16. The van der Waals surface area contributed by atoms with E-state index in [-0.39, 0.29) is 6.61 Å². The van der Waals surface area contributed by atoms with Crippen molar-refractivity contribution in [1.82, 2.24) is 0 Å². The molecule has 0 bridgehead atoms. The first kappa shape index (κ1) is 65.3. The fraction of sp³-hybridized carbons (Fsp3) is 1.00. The van der Waals surface area contributed by atoms with Crippen molar-refractivity contribution in [3.63, 3.8) is 0 Å². The third-order valence-corrected chi connectivity index (χ3v) is 9.71. The zero-order valence-corrected chi connectivity index (χ0v) is 41.9. The van der Waals surface area contributed by atoms with E-state index in [9.17, 15) is 0 Å². The molecule has 0 amide bonds. The van der Waals surface area contributed by atoms with Crippen molar-refractivity contribution in [2.45, 2.75) is 103 Å². The lowest BCUT2D eigenvalue weighted by atomic mass is 10.0. The molecule has 0 aliphatic heterocycles. The van der Waals surface area contributed by atoms with Gasteiger partial charge in [-0.15, -0.1) is 0 Å². The Morgan fingerprint density at radius 1 is 0.167 bits per heavy atom. The van der Waals surface area contributed by atoms with Crippen LogP contribution in [0.25, 0.3) is 0 Å². The molecule has 0 aromatic heterocycles. The molecule has 17 heteroatoms. The second-order valence-corrected chi connectivity index (χ2v) is 15.5. The van der Waals surface area contributed by atoms with Crippen LogP contribution in [0.3, 0.4) is 0 Å². The minimum absolute atomic E-state index is 0.0228. The highest BCUT2D eigenvalue weighted by atomic mass is 16.6. The van der Waals surface area contributed by atoms with E-state index in [0.29, 0.717) is 205 Å². The molecule has 66 heavy (non-hydrogen) atoms. The van der Waals surface area contributed by atoms with E-state index in [4.69, 9.17) is 80.9 Å². The third-order valence-electron chi connectivity index (χ3n) is 9.71. The zero-order valence-electron chi connectivity index (χ0n) is 41.9. The molecule has 0 rings (SSSR count). The summed E-state index contributed by atoms with van der Waals surface area (Å²) in [6.07, 6.45) is 20.7. The fourth-order valence-corrected chi connectivity index (χ4v) is 6.04. The normalized spacial score (nSPS) is 11.7. The van der Waals surface area contributed by atoms with E-state index in [1.54, 1.807) is 0 Å². The maximum Gasteiger partial charge on any atom is 0.0701 e. The average Bonchev–Trinajstić information content (AvgIpc) is 3.33. The Labute approximate surface area is 401 Å². The summed E-state index contributed by atoms with van der Waals surface area (Å²) in [6.45, 7) is 18.9. The standard InChI is InChI=1S/C49H100O17/c1-2-3-4-5-6-7-8-9-10-11-12-13-14-15-16-18-51-20-22-53-24-26-55-28-30-57-32-34-59-36-38-61-40-42-63-44-46-65-48-49-66-47-45-64-43-41-62-39-37-60-35-33-58-31-29-56-27-25-54-23-21-52-19-17-50/h50H,2-49H2,1H3. The summed E-state index contributed by atoms with van der Waals surface area (Å²) in [5.41, 5.74) is 0. The number of rotatable bonds is 63. The summed E-state index contributed by atoms with van der Waals surface area (Å²) in [5, 5.41) is 8.60. The highest BCUT2D eigenvalue weighted by Gasteiger charge is 1.99. The predicted molar refractivity (Wildman–Crippen MR) is 255 cm³/mol. The summed E-state index contributed by atoms with van der Waals surface area (Å²) in [5.74, 6) is 0. The largest absolute Gasteiger partial charge is 0.394 e. The highest BCUT2D eigenvalue weighted by Crippen LogP contribution is 2.13. The van der Waals surface area contributed by atoms with Gasteiger partial charge >= 0.3 is 0 Å². The molecule has 0 saturated carbocycles. The van der Waals surface area contributed by atoms with Gasteiger partial charge in [0.15, 0.2) is 0 Å². The van der Waals surface area contributed by atoms with E-state index in [0.717, 1.165) is 13.0 Å². The van der Waals surface area contributed by atoms with E-state index in [1.165, 1.54) is 89.9 Å². The molecule has 0 saturated heterocycles. The van der Waals surface area contributed by atoms with Gasteiger partial charge in [0.1, 0.15) is 0 Å². The lowest BCUT2D eigenvalue weighted by Gasteiger charge is -2.09. The molecule has 17 nitrogen and oxygen atoms in total. The summed E-state index contributed by atoms with van der Waals surface area (Å²) >= 11 is 0. The van der Waals surface area contributed by atoms with Gasteiger partial charge in [0, 0.05) is 6.61 Å². The van der Waals surface area contributed by atoms with Crippen LogP contribution in [-0.4, -0.2) is 223 Å². The molecule has 0 unspecified atom stereocenters. The molecular weight excluding hydrogens is 861 g/mol. The quantitative estimate of drug-likeness (QED) is 0.0693. The van der Waals surface area contributed by atoms with E-state index >= 15 is 0 Å². The minimum Gasteiger partial charge on any atom is -0.394 e. The third kappa shape index (κ3) is 63.3. The van der Waals surface area contributed by atoms with Crippen molar-refractivity contribution in [2.75, 3.05) is 218 Å². The Morgan fingerprint density at radius 3 is 0.470 bits per heavy atom. The maximum absolute atomic E-state index is 8.60. The van der Waals surface area contributed by atoms with Crippen LogP contribution >= 0.6 is 0 Å². The predicted octanol–water partition coefficient (Wildman–Crippen LogP) is 6.12. The molecule has 0 radical (unpaired) electrons. The fourth-order valence-electron chi connectivity index (χ4n) is 6.04. The van der Waals surface area contributed by atoms with Crippen molar-refractivity contribution in [1.29, 1.82) is 0 Å². The first-order valence-corrected chi connectivity index (χ1v) is 25.8. The summed E-state index contributed by atoms with van der Waals surface area (Å²) < 4.78 is 87.8. The smallest absolute Gasteiger partial charge is 0.0701 e. The van der Waals surface area contributed by atoms with Gasteiger partial charge in [-0.1, -0.05) is 96.8 Å². The van der Waals surface area contributed by atoms with Crippen molar-refractivity contribution >= 4 is 0 Å². The number of hydrogen-bond donors (Lipinski definition) is 1. The molecule has 0 aliphatic carbocycles. The van der Waals surface area contributed by atoms with E-state index in [1.807, 2.05) is 0 Å². The Morgan fingerprint density at radius 2 is 0.303 bits per heavy atom. The van der Waals surface area contributed by atoms with E-state index < -0.39 is 0 Å². The highest BCUT2D eigenvalue weighted by molar-refractivity contribution is 4.50. The zero-order chi connectivity index (χ0) is 47.3. The van der Waals surface area contributed by atoms with Crippen LogP contribution in [0.5, 0.6) is 0 Å². The molecule has 0 aromatic rings. The SMILES string of the molecule is CCCCCCCCCCCCCCCCCOCCOCCOCCOCCOCCOCCOCCOCCOCCOCCOCCOCCOCCOCCOCCOCCO. The van der Waals surface area contributed by atoms with Crippen molar-refractivity contribution in [2.24, 2.45) is 0 Å². The van der Waals surface area contributed by atoms with Crippen LogP contribution in [0, 0.1) is 0 Å². The Balaban J connectivity index is 3.06. The van der Waals surface area contributed by atoms with Crippen LogP contribution in [0.15, 0.2) is 0 Å². The van der Waals surface area contributed by atoms with Gasteiger partial charge in [0.2, 0.25) is 0 Å². The summed E-state index contributed by atoms with van der Waals surface area (Å²) in [4.78, 5) is 0. The number of unbranched alkanes of at least 4 members (excludes halogenated alkanes) is 14. The number of aliphatic hydroxyl groups is 1. The molecule has 0 atom stereocenters. The Kier molecular flexibility index (Phi) is 63.7. The van der Waals surface area contributed by atoms with Crippen LogP contribution < -0.4 is 0 Å². The van der Waals surface area contributed by atoms with Crippen LogP contribution in [-0.2, 0) is 75.8 Å². The van der Waals surface area contributed by atoms with Crippen LogP contribution in [0.4, 0.5) is 0 Å². The molecule has 0 aliphatic rings. The molecule has 0 heterocycles. The number of hydrogen-bond acceptors (Lipinski definition) is 17. The molecule has 0 spiro atoms. The Hall–Kier alpha value is -0.680. The van der Waals surface area contributed by atoms with Gasteiger partial charge in [0.05, 0.1) is 211 Å². The second-order valence-electron chi connectivity index (χ2n) is 15.5. The van der Waals surface area contributed by atoms with Gasteiger partial charge in [-0.05, 0) is 6.42 Å². The second kappa shape index (κ2) is 64.3. The van der Waals surface area contributed by atoms with Crippen LogP contribution in [0.1, 0.15) is 103 Å². The summed E-state index contributed by atoms with van der Waals surface area (Å²) in [6, 6.07) is 0. The minimum atomic E-state index is 0.0228. The number of aliphatic hydroxyl groups excluding tert-OH is 1. The monoisotopic (exact) mass is 961 g/mol. The molecule has 0 aromatic carbocycles. The molecular formula is C49H100O17. The van der Waals surface area contributed by atoms with Gasteiger partial charge in [-0.3, -0.25) is 0 Å². The molecule has 398 valence electrons. The van der Waals surface area contributed by atoms with Gasteiger partial charge in [0.25, 0.3) is 0 Å². The molecule has 1 N–H and O–H groups in total. The average molecular weight is 961 g/mol. The van der Waals surface area contributed by atoms with Gasteiger partial charge < -0.3 is 80.9 Å². The van der Waals surface area contributed by atoms with Crippen molar-refractivity contribution < 1.29 is 80.9 Å². The maximum atomic E-state index is 8.60.